The molecule has 0 aliphatic rings. The maximum absolute atomic E-state index is 5.87. The van der Waals surface area contributed by atoms with E-state index in [2.05, 4.69) is 15.2 Å². The second-order valence-corrected chi connectivity index (χ2v) is 4.33. The van der Waals surface area contributed by atoms with Gasteiger partial charge in [0.25, 0.3) is 0 Å². The zero-order valence-corrected chi connectivity index (χ0v) is 10.6. The Morgan fingerprint density at radius 2 is 2.16 bits per heavy atom. The normalized spacial score (nSPS) is 10.8. The Balaban J connectivity index is 2.14. The number of aromatic amines is 1. The molecule has 3 N–H and O–H groups in total. The second-order valence-electron chi connectivity index (χ2n) is 4.33. The van der Waals surface area contributed by atoms with Crippen molar-refractivity contribution in [1.29, 1.82) is 0 Å². The fourth-order valence-electron chi connectivity index (χ4n) is 1.97. The summed E-state index contributed by atoms with van der Waals surface area (Å²) in [4.78, 5) is 4.37. The van der Waals surface area contributed by atoms with Gasteiger partial charge in [0.1, 0.15) is 5.75 Å². The van der Waals surface area contributed by atoms with Gasteiger partial charge in [0, 0.05) is 35.5 Å². The molecule has 0 radical (unpaired) electrons. The fourth-order valence-corrected chi connectivity index (χ4v) is 1.97. The van der Waals surface area contributed by atoms with Gasteiger partial charge in [-0.15, -0.1) is 5.10 Å². The van der Waals surface area contributed by atoms with Gasteiger partial charge in [-0.3, -0.25) is 10.1 Å². The first-order valence-electron chi connectivity index (χ1n) is 6.04. The van der Waals surface area contributed by atoms with Gasteiger partial charge in [-0.1, -0.05) is 12.1 Å². The highest BCUT2D eigenvalue weighted by Crippen LogP contribution is 2.31. The fraction of sp³-hybridized carbons (Fsp3) is 0.143. The molecule has 0 spiro atoms. The van der Waals surface area contributed by atoms with Crippen molar-refractivity contribution in [3.05, 3.63) is 47.8 Å². The van der Waals surface area contributed by atoms with Gasteiger partial charge in [-0.05, 0) is 19.1 Å². The zero-order valence-electron chi connectivity index (χ0n) is 10.6. The van der Waals surface area contributed by atoms with E-state index < -0.39 is 0 Å². The number of benzene rings is 1. The van der Waals surface area contributed by atoms with E-state index in [1.165, 1.54) is 0 Å². The molecular weight excluding hydrogens is 240 g/mol. The number of fused-ring (bicyclic) bond motifs is 1. The molecule has 5 nitrogen and oxygen atoms in total. The molecular formula is C14H14N4O. The van der Waals surface area contributed by atoms with Gasteiger partial charge in [0.05, 0.1) is 5.52 Å². The SMILES string of the molecule is Cc1cc(Oc2c(CN)cnc3ccccc23)n[nH]1. The van der Waals surface area contributed by atoms with Crippen LogP contribution < -0.4 is 10.5 Å². The van der Waals surface area contributed by atoms with Gasteiger partial charge in [-0.25, -0.2) is 0 Å². The predicted octanol–water partition coefficient (Wildman–Crippen LogP) is 2.52. The molecule has 0 amide bonds. The van der Waals surface area contributed by atoms with Crippen LogP contribution in [0.5, 0.6) is 11.6 Å². The third-order valence-electron chi connectivity index (χ3n) is 2.91. The number of hydrogen-bond donors (Lipinski definition) is 2. The minimum absolute atomic E-state index is 0.372. The monoisotopic (exact) mass is 254 g/mol. The van der Waals surface area contributed by atoms with Gasteiger partial charge in [0.2, 0.25) is 5.88 Å². The van der Waals surface area contributed by atoms with Crippen molar-refractivity contribution < 1.29 is 4.74 Å². The van der Waals surface area contributed by atoms with Crippen LogP contribution >= 0.6 is 0 Å². The van der Waals surface area contributed by atoms with Crippen molar-refractivity contribution >= 4 is 10.9 Å². The second kappa shape index (κ2) is 4.70. The minimum Gasteiger partial charge on any atom is -0.436 e. The van der Waals surface area contributed by atoms with Crippen LogP contribution in [-0.2, 0) is 6.54 Å². The Morgan fingerprint density at radius 3 is 2.89 bits per heavy atom. The highest BCUT2D eigenvalue weighted by molar-refractivity contribution is 5.86. The summed E-state index contributed by atoms with van der Waals surface area (Å²) in [6.45, 7) is 2.30. The quantitative estimate of drug-likeness (QED) is 0.753. The smallest absolute Gasteiger partial charge is 0.238 e. The lowest BCUT2D eigenvalue weighted by atomic mass is 10.1. The molecule has 1 aromatic carbocycles. The molecule has 3 aromatic rings. The third kappa shape index (κ3) is 2.15. The van der Waals surface area contributed by atoms with Crippen molar-refractivity contribution in [3.63, 3.8) is 0 Å². The number of para-hydroxylation sites is 1. The molecule has 0 fully saturated rings. The Bertz CT molecular complexity index is 720. The number of ether oxygens (including phenoxy) is 1. The summed E-state index contributed by atoms with van der Waals surface area (Å²) in [5.74, 6) is 1.25. The molecule has 2 heterocycles. The number of aromatic nitrogens is 3. The first-order chi connectivity index (χ1) is 9.28. The van der Waals surface area contributed by atoms with Crippen LogP contribution in [0.2, 0.25) is 0 Å². The Hall–Kier alpha value is -2.40. The number of pyridine rings is 1. The number of hydrogen-bond acceptors (Lipinski definition) is 4. The molecule has 0 saturated heterocycles. The van der Waals surface area contributed by atoms with Crippen LogP contribution in [0.15, 0.2) is 36.5 Å². The van der Waals surface area contributed by atoms with Gasteiger partial charge < -0.3 is 10.5 Å². The summed E-state index contributed by atoms with van der Waals surface area (Å²) in [5.41, 5.74) is 8.44. The number of H-pyrrole nitrogens is 1. The number of nitrogens with one attached hydrogen (secondary N) is 1. The lowest BCUT2D eigenvalue weighted by Crippen LogP contribution is -2.01. The van der Waals surface area contributed by atoms with Crippen molar-refractivity contribution in [2.24, 2.45) is 5.73 Å². The highest BCUT2D eigenvalue weighted by Gasteiger charge is 2.11. The molecule has 5 heteroatoms. The lowest BCUT2D eigenvalue weighted by molar-refractivity contribution is 0.461. The molecule has 0 saturated carbocycles. The first kappa shape index (κ1) is 11.7. The molecule has 0 atom stereocenters. The maximum Gasteiger partial charge on any atom is 0.238 e. The maximum atomic E-state index is 5.87. The summed E-state index contributed by atoms with van der Waals surface area (Å²) in [6.07, 6.45) is 1.75. The van der Waals surface area contributed by atoms with Crippen LogP contribution in [0.4, 0.5) is 0 Å². The zero-order chi connectivity index (χ0) is 13.2. The van der Waals surface area contributed by atoms with Crippen LogP contribution in [0.1, 0.15) is 11.3 Å². The topological polar surface area (TPSA) is 76.8 Å². The first-order valence-corrected chi connectivity index (χ1v) is 6.04. The largest absolute Gasteiger partial charge is 0.436 e. The van der Waals surface area contributed by atoms with Crippen LogP contribution in [0.3, 0.4) is 0 Å². The van der Waals surface area contributed by atoms with Gasteiger partial charge in [0.15, 0.2) is 0 Å². The lowest BCUT2D eigenvalue weighted by Gasteiger charge is -2.10. The molecule has 3 rings (SSSR count). The van der Waals surface area contributed by atoms with E-state index in [-0.39, 0.29) is 0 Å². The molecule has 0 bridgehead atoms. The number of aryl methyl sites for hydroxylation is 1. The standard InChI is InChI=1S/C14H14N4O/c1-9-6-13(18-17-9)19-14-10(7-15)8-16-12-5-3-2-4-11(12)14/h2-6,8H,7,15H2,1H3,(H,17,18). The Morgan fingerprint density at radius 1 is 1.32 bits per heavy atom. The Labute approximate surface area is 110 Å². The number of nitrogens with two attached hydrogens (primary N) is 1. The van der Waals surface area contributed by atoms with Crippen LogP contribution in [-0.4, -0.2) is 15.2 Å². The predicted molar refractivity (Wildman–Crippen MR) is 73.0 cm³/mol. The van der Waals surface area contributed by atoms with Crippen molar-refractivity contribution in [3.8, 4) is 11.6 Å². The van der Waals surface area contributed by atoms with Crippen molar-refractivity contribution in [1.82, 2.24) is 15.2 Å². The molecule has 0 aliphatic carbocycles. The van der Waals surface area contributed by atoms with E-state index in [9.17, 15) is 0 Å². The molecule has 19 heavy (non-hydrogen) atoms. The summed E-state index contributed by atoms with van der Waals surface area (Å²) in [7, 11) is 0. The van der Waals surface area contributed by atoms with E-state index in [4.69, 9.17) is 10.5 Å². The van der Waals surface area contributed by atoms with Crippen LogP contribution in [0, 0.1) is 6.92 Å². The minimum atomic E-state index is 0.372. The van der Waals surface area contributed by atoms with E-state index >= 15 is 0 Å². The van der Waals surface area contributed by atoms with E-state index in [1.54, 1.807) is 6.20 Å². The molecule has 96 valence electrons. The van der Waals surface area contributed by atoms with E-state index in [1.807, 2.05) is 37.3 Å². The summed E-state index contributed by atoms with van der Waals surface area (Å²) in [6, 6.07) is 9.65. The van der Waals surface area contributed by atoms with Crippen molar-refractivity contribution in [2.75, 3.05) is 0 Å². The molecule has 0 unspecified atom stereocenters. The average Bonchev–Trinajstić information content (AvgIpc) is 2.85. The van der Waals surface area contributed by atoms with E-state index in [0.717, 1.165) is 27.9 Å². The third-order valence-corrected chi connectivity index (χ3v) is 2.91. The van der Waals surface area contributed by atoms with Gasteiger partial charge in [-0.2, -0.15) is 0 Å². The van der Waals surface area contributed by atoms with Crippen LogP contribution in [0.25, 0.3) is 10.9 Å². The summed E-state index contributed by atoms with van der Waals surface area (Å²) in [5, 5.41) is 7.87. The number of nitrogens with zero attached hydrogens (tertiary/aromatic N) is 2. The Kier molecular flexibility index (Phi) is 2.89. The summed E-state index contributed by atoms with van der Waals surface area (Å²) < 4.78 is 5.87. The number of rotatable bonds is 3. The summed E-state index contributed by atoms with van der Waals surface area (Å²) >= 11 is 0. The highest BCUT2D eigenvalue weighted by atomic mass is 16.5. The average molecular weight is 254 g/mol. The van der Waals surface area contributed by atoms with Gasteiger partial charge >= 0.3 is 0 Å². The van der Waals surface area contributed by atoms with E-state index in [0.29, 0.717) is 12.4 Å². The van der Waals surface area contributed by atoms with Crippen molar-refractivity contribution in [2.45, 2.75) is 13.5 Å². The molecule has 2 aromatic heterocycles. The molecule has 0 aliphatic heterocycles.